The molecule has 0 bridgehead atoms. The number of carbonyl (C=O) groups is 2. The van der Waals surface area contributed by atoms with Gasteiger partial charge in [-0.3, -0.25) is 0 Å². The Kier molecular flexibility index (Phi) is 4.03. The highest BCUT2D eigenvalue weighted by molar-refractivity contribution is 6.12. The lowest BCUT2D eigenvalue weighted by Crippen LogP contribution is -2.10. The number of rotatable bonds is 4. The van der Waals surface area contributed by atoms with Crippen molar-refractivity contribution >= 4 is 18.0 Å². The minimum Gasteiger partial charge on any atom is -0.477 e. The van der Waals surface area contributed by atoms with Crippen molar-refractivity contribution in [2.45, 2.75) is 0 Å². The Hall–Kier alpha value is -2.36. The van der Waals surface area contributed by atoms with Crippen LogP contribution in [0.25, 0.3) is 6.08 Å². The van der Waals surface area contributed by atoms with E-state index in [1.54, 1.807) is 6.08 Å². The largest absolute Gasteiger partial charge is 0.477 e. The van der Waals surface area contributed by atoms with Gasteiger partial charge >= 0.3 is 11.9 Å². The molecule has 2 N–H and O–H groups in total. The topological polar surface area (TPSA) is 74.6 Å². The predicted molar refractivity (Wildman–Crippen MR) is 58.8 cm³/mol. The lowest BCUT2D eigenvalue weighted by Gasteiger charge is -1.92. The highest BCUT2D eigenvalue weighted by Gasteiger charge is 2.13. The highest BCUT2D eigenvalue weighted by atomic mass is 16.4. The molecule has 0 amide bonds. The third-order valence-corrected chi connectivity index (χ3v) is 1.81. The summed E-state index contributed by atoms with van der Waals surface area (Å²) < 4.78 is 0. The van der Waals surface area contributed by atoms with E-state index in [4.69, 9.17) is 10.2 Å². The third kappa shape index (κ3) is 3.42. The first-order valence-electron chi connectivity index (χ1n) is 4.51. The number of carboxylic acids is 2. The van der Waals surface area contributed by atoms with Gasteiger partial charge in [-0.15, -0.1) is 0 Å². The summed E-state index contributed by atoms with van der Waals surface area (Å²) in [6.07, 6.45) is 4.08. The molecule has 0 aliphatic carbocycles. The molecule has 82 valence electrons. The molecule has 0 heterocycles. The number of aliphatic carboxylic acids is 2. The maximum Gasteiger partial charge on any atom is 0.343 e. The van der Waals surface area contributed by atoms with Crippen molar-refractivity contribution in [3.05, 3.63) is 53.6 Å². The summed E-state index contributed by atoms with van der Waals surface area (Å²) in [7, 11) is 0. The summed E-state index contributed by atoms with van der Waals surface area (Å²) >= 11 is 0. The number of benzene rings is 1. The fourth-order valence-corrected chi connectivity index (χ4v) is 1.05. The summed E-state index contributed by atoms with van der Waals surface area (Å²) in [6.45, 7) is 0. The SMILES string of the molecule is O=C(O)C(=CC=Cc1ccccc1)C(=O)O. The molecule has 0 aromatic heterocycles. The molecular weight excluding hydrogens is 208 g/mol. The van der Waals surface area contributed by atoms with Gasteiger partial charge in [0.2, 0.25) is 0 Å². The van der Waals surface area contributed by atoms with Crippen LogP contribution in [0.15, 0.2) is 48.1 Å². The van der Waals surface area contributed by atoms with Crippen LogP contribution in [0.3, 0.4) is 0 Å². The summed E-state index contributed by atoms with van der Waals surface area (Å²) in [6, 6.07) is 9.17. The van der Waals surface area contributed by atoms with Crippen LogP contribution in [-0.4, -0.2) is 22.2 Å². The summed E-state index contributed by atoms with van der Waals surface area (Å²) in [5, 5.41) is 17.1. The Labute approximate surface area is 92.2 Å². The Bertz CT molecular complexity index is 427. The van der Waals surface area contributed by atoms with Crippen LogP contribution >= 0.6 is 0 Å². The Morgan fingerprint density at radius 2 is 1.56 bits per heavy atom. The monoisotopic (exact) mass is 218 g/mol. The molecule has 16 heavy (non-hydrogen) atoms. The van der Waals surface area contributed by atoms with Crippen LogP contribution in [0.2, 0.25) is 0 Å². The molecular formula is C12H10O4. The van der Waals surface area contributed by atoms with Crippen LogP contribution in [0.4, 0.5) is 0 Å². The van der Waals surface area contributed by atoms with Crippen molar-refractivity contribution in [3.8, 4) is 0 Å². The second kappa shape index (κ2) is 5.50. The smallest absolute Gasteiger partial charge is 0.343 e. The van der Waals surface area contributed by atoms with Crippen LogP contribution in [0, 0.1) is 0 Å². The van der Waals surface area contributed by atoms with Gasteiger partial charge in [0, 0.05) is 0 Å². The molecule has 1 aromatic carbocycles. The zero-order valence-electron chi connectivity index (χ0n) is 8.33. The highest BCUT2D eigenvalue weighted by Crippen LogP contribution is 2.02. The molecule has 0 atom stereocenters. The zero-order chi connectivity index (χ0) is 12.0. The molecule has 0 unspecified atom stereocenters. The minimum absolute atomic E-state index is 0.660. The normalized spacial score (nSPS) is 10.0. The fraction of sp³-hybridized carbons (Fsp3) is 0. The molecule has 0 saturated carbocycles. The van der Waals surface area contributed by atoms with E-state index in [9.17, 15) is 9.59 Å². The lowest BCUT2D eigenvalue weighted by atomic mass is 10.2. The first kappa shape index (κ1) is 11.7. The van der Waals surface area contributed by atoms with Crippen molar-refractivity contribution in [2.24, 2.45) is 0 Å². The first-order chi connectivity index (χ1) is 7.61. The predicted octanol–water partition coefficient (Wildman–Crippen LogP) is 1.80. The number of carboxylic acid groups (broad SMARTS) is 2. The van der Waals surface area contributed by atoms with E-state index in [0.29, 0.717) is 0 Å². The van der Waals surface area contributed by atoms with Gasteiger partial charge in [0.15, 0.2) is 0 Å². The van der Waals surface area contributed by atoms with Gasteiger partial charge in [-0.1, -0.05) is 42.5 Å². The van der Waals surface area contributed by atoms with Crippen molar-refractivity contribution < 1.29 is 19.8 Å². The van der Waals surface area contributed by atoms with E-state index in [2.05, 4.69) is 0 Å². The molecule has 0 fully saturated rings. The quantitative estimate of drug-likeness (QED) is 0.349. The van der Waals surface area contributed by atoms with Crippen LogP contribution in [0.1, 0.15) is 5.56 Å². The number of hydrogen-bond donors (Lipinski definition) is 2. The van der Waals surface area contributed by atoms with Crippen molar-refractivity contribution in [3.63, 3.8) is 0 Å². The number of hydrogen-bond acceptors (Lipinski definition) is 2. The first-order valence-corrected chi connectivity index (χ1v) is 4.51. The maximum atomic E-state index is 10.5. The van der Waals surface area contributed by atoms with Gasteiger partial charge in [-0.05, 0) is 11.6 Å². The summed E-state index contributed by atoms with van der Waals surface area (Å²) in [5.74, 6) is -2.91. The minimum atomic E-state index is -1.45. The van der Waals surface area contributed by atoms with E-state index < -0.39 is 17.5 Å². The Balaban J connectivity index is 2.82. The summed E-state index contributed by atoms with van der Waals surface area (Å²) in [5.41, 5.74) is 0.209. The van der Waals surface area contributed by atoms with Crippen molar-refractivity contribution in [1.82, 2.24) is 0 Å². The van der Waals surface area contributed by atoms with Gasteiger partial charge in [0.25, 0.3) is 0 Å². The summed E-state index contributed by atoms with van der Waals surface area (Å²) in [4.78, 5) is 21.0. The average Bonchev–Trinajstić information content (AvgIpc) is 2.24. The molecule has 4 heteroatoms. The van der Waals surface area contributed by atoms with Gasteiger partial charge in [-0.2, -0.15) is 0 Å². The van der Waals surface area contributed by atoms with E-state index in [1.807, 2.05) is 30.3 Å². The van der Waals surface area contributed by atoms with Crippen LogP contribution < -0.4 is 0 Å². The zero-order valence-corrected chi connectivity index (χ0v) is 8.33. The number of allylic oxidation sites excluding steroid dienone is 2. The van der Waals surface area contributed by atoms with E-state index in [-0.39, 0.29) is 0 Å². The molecule has 4 nitrogen and oxygen atoms in total. The second-order valence-corrected chi connectivity index (χ2v) is 2.96. The third-order valence-electron chi connectivity index (χ3n) is 1.81. The standard InChI is InChI=1S/C12H10O4/c13-11(14)10(12(15)16)8-4-7-9-5-2-1-3-6-9/h1-8H,(H,13,14)(H,15,16). The molecule has 0 radical (unpaired) electrons. The molecule has 1 rings (SSSR count). The van der Waals surface area contributed by atoms with E-state index in [1.165, 1.54) is 6.08 Å². The fourth-order valence-electron chi connectivity index (χ4n) is 1.05. The molecule has 0 aliphatic rings. The maximum absolute atomic E-state index is 10.5. The molecule has 1 aromatic rings. The van der Waals surface area contributed by atoms with Crippen molar-refractivity contribution in [1.29, 1.82) is 0 Å². The Morgan fingerprint density at radius 1 is 1.00 bits per heavy atom. The van der Waals surface area contributed by atoms with Crippen LogP contribution in [-0.2, 0) is 9.59 Å². The van der Waals surface area contributed by atoms with E-state index in [0.717, 1.165) is 11.6 Å². The van der Waals surface area contributed by atoms with E-state index >= 15 is 0 Å². The average molecular weight is 218 g/mol. The van der Waals surface area contributed by atoms with Crippen molar-refractivity contribution in [2.75, 3.05) is 0 Å². The van der Waals surface area contributed by atoms with Crippen LogP contribution in [0.5, 0.6) is 0 Å². The van der Waals surface area contributed by atoms with Gasteiger partial charge < -0.3 is 10.2 Å². The second-order valence-electron chi connectivity index (χ2n) is 2.96. The Morgan fingerprint density at radius 3 is 2.06 bits per heavy atom. The lowest BCUT2D eigenvalue weighted by molar-refractivity contribution is -0.140. The van der Waals surface area contributed by atoms with Gasteiger partial charge in [0.05, 0.1) is 0 Å². The van der Waals surface area contributed by atoms with Gasteiger partial charge in [0.1, 0.15) is 5.57 Å². The molecule has 0 aliphatic heterocycles. The molecule has 0 saturated heterocycles. The van der Waals surface area contributed by atoms with Gasteiger partial charge in [-0.25, -0.2) is 9.59 Å². The molecule has 0 spiro atoms.